The highest BCUT2D eigenvalue weighted by Crippen LogP contribution is 2.20. The van der Waals surface area contributed by atoms with Crippen LogP contribution in [-0.4, -0.2) is 50.8 Å². The maximum atomic E-state index is 5.96. The number of ether oxygens (including phenoxy) is 1. The second kappa shape index (κ2) is 18.1. The van der Waals surface area contributed by atoms with Gasteiger partial charge in [0.15, 0.2) is 5.96 Å². The van der Waals surface area contributed by atoms with Gasteiger partial charge in [-0.15, -0.1) is 24.0 Å². The summed E-state index contributed by atoms with van der Waals surface area (Å²) in [5, 5.41) is 6.77. The zero-order valence-corrected chi connectivity index (χ0v) is 18.8. The minimum Gasteiger partial charge on any atom is -0.378 e. The van der Waals surface area contributed by atoms with E-state index in [0.717, 1.165) is 25.7 Å². The number of thioether (sulfide) groups is 1. The zero-order chi connectivity index (χ0) is 16.6. The number of guanidine groups is 1. The SMILES string of the molecule is CN=C(NCCCCCOC1CCCCC1)NCCCCSC.I. The molecular formula is C18H38IN3OS. The van der Waals surface area contributed by atoms with Gasteiger partial charge in [-0.2, -0.15) is 11.8 Å². The number of nitrogens with zero attached hydrogens (tertiary/aromatic N) is 1. The molecule has 0 saturated heterocycles. The molecule has 1 aliphatic carbocycles. The van der Waals surface area contributed by atoms with Gasteiger partial charge >= 0.3 is 0 Å². The molecule has 0 aromatic heterocycles. The monoisotopic (exact) mass is 471 g/mol. The van der Waals surface area contributed by atoms with Gasteiger partial charge in [0.1, 0.15) is 0 Å². The topological polar surface area (TPSA) is 45.7 Å². The molecular weight excluding hydrogens is 433 g/mol. The van der Waals surface area contributed by atoms with E-state index in [1.165, 1.54) is 70.0 Å². The van der Waals surface area contributed by atoms with Crippen LogP contribution >= 0.6 is 35.7 Å². The molecule has 1 rings (SSSR count). The average Bonchev–Trinajstić information content (AvgIpc) is 2.59. The van der Waals surface area contributed by atoms with Crippen molar-refractivity contribution < 1.29 is 4.74 Å². The number of unbranched alkanes of at least 4 members (excludes halogenated alkanes) is 3. The molecule has 0 aromatic carbocycles. The summed E-state index contributed by atoms with van der Waals surface area (Å²) in [6, 6.07) is 0. The van der Waals surface area contributed by atoms with Crippen LogP contribution in [0.3, 0.4) is 0 Å². The van der Waals surface area contributed by atoms with Crippen LogP contribution in [-0.2, 0) is 4.74 Å². The molecule has 4 nitrogen and oxygen atoms in total. The molecule has 24 heavy (non-hydrogen) atoms. The van der Waals surface area contributed by atoms with Crippen molar-refractivity contribution in [1.29, 1.82) is 0 Å². The van der Waals surface area contributed by atoms with Gasteiger partial charge in [0.05, 0.1) is 6.10 Å². The Bertz CT molecular complexity index is 300. The second-order valence-corrected chi connectivity index (χ2v) is 7.30. The van der Waals surface area contributed by atoms with Crippen molar-refractivity contribution in [2.45, 2.75) is 70.3 Å². The quantitative estimate of drug-likeness (QED) is 0.191. The molecule has 1 fully saturated rings. The summed E-state index contributed by atoms with van der Waals surface area (Å²) in [5.74, 6) is 2.18. The van der Waals surface area contributed by atoms with Crippen LogP contribution in [0.15, 0.2) is 4.99 Å². The standard InChI is InChI=1S/C18H37N3OS.HI/c1-19-18(21-14-8-10-16-23-2)20-13-7-4-9-15-22-17-11-5-3-6-12-17;/h17H,3-16H2,1-2H3,(H2,19,20,21);1H. The van der Waals surface area contributed by atoms with E-state index in [0.29, 0.717) is 6.10 Å². The summed E-state index contributed by atoms with van der Waals surface area (Å²) in [6.45, 7) is 2.94. The van der Waals surface area contributed by atoms with Crippen molar-refractivity contribution in [1.82, 2.24) is 10.6 Å². The molecule has 0 heterocycles. The molecule has 0 bridgehead atoms. The molecule has 0 atom stereocenters. The van der Waals surface area contributed by atoms with E-state index >= 15 is 0 Å². The third-order valence-corrected chi connectivity index (χ3v) is 5.01. The molecule has 1 aliphatic rings. The first-order valence-electron chi connectivity index (χ1n) is 9.42. The van der Waals surface area contributed by atoms with Gasteiger partial charge in [0.2, 0.25) is 0 Å². The average molecular weight is 471 g/mol. The van der Waals surface area contributed by atoms with Crippen LogP contribution in [0.2, 0.25) is 0 Å². The molecule has 2 N–H and O–H groups in total. The van der Waals surface area contributed by atoms with Gasteiger partial charge in [-0.25, -0.2) is 0 Å². The maximum absolute atomic E-state index is 5.96. The summed E-state index contributed by atoms with van der Waals surface area (Å²) in [6.07, 6.45) is 15.5. The number of rotatable bonds is 12. The Labute approximate surface area is 170 Å². The lowest BCUT2D eigenvalue weighted by atomic mass is 9.98. The lowest BCUT2D eigenvalue weighted by Gasteiger charge is -2.21. The van der Waals surface area contributed by atoms with Crippen molar-refractivity contribution >= 4 is 41.7 Å². The summed E-state index contributed by atoms with van der Waals surface area (Å²) >= 11 is 1.91. The summed E-state index contributed by atoms with van der Waals surface area (Å²) in [4.78, 5) is 4.27. The van der Waals surface area contributed by atoms with Crippen LogP contribution in [0.25, 0.3) is 0 Å². The lowest BCUT2D eigenvalue weighted by Crippen LogP contribution is -2.38. The third kappa shape index (κ3) is 13.6. The highest BCUT2D eigenvalue weighted by Gasteiger charge is 2.12. The molecule has 144 valence electrons. The van der Waals surface area contributed by atoms with Gasteiger partial charge < -0.3 is 15.4 Å². The van der Waals surface area contributed by atoms with E-state index in [1.54, 1.807) is 0 Å². The lowest BCUT2D eigenvalue weighted by molar-refractivity contribution is 0.0264. The predicted molar refractivity (Wildman–Crippen MR) is 119 cm³/mol. The fourth-order valence-electron chi connectivity index (χ4n) is 2.89. The van der Waals surface area contributed by atoms with Gasteiger partial charge in [-0.1, -0.05) is 19.3 Å². The van der Waals surface area contributed by atoms with Crippen LogP contribution in [0.5, 0.6) is 0 Å². The van der Waals surface area contributed by atoms with E-state index in [2.05, 4.69) is 21.9 Å². The van der Waals surface area contributed by atoms with E-state index in [1.807, 2.05) is 18.8 Å². The minimum atomic E-state index is 0. The van der Waals surface area contributed by atoms with E-state index in [9.17, 15) is 0 Å². The molecule has 0 aromatic rings. The minimum absolute atomic E-state index is 0. The third-order valence-electron chi connectivity index (χ3n) is 4.31. The Hall–Kier alpha value is 0.310. The first kappa shape index (κ1) is 24.3. The van der Waals surface area contributed by atoms with Gasteiger partial charge in [0.25, 0.3) is 0 Å². The smallest absolute Gasteiger partial charge is 0.190 e. The van der Waals surface area contributed by atoms with Crippen molar-refractivity contribution in [2.24, 2.45) is 4.99 Å². The summed E-state index contributed by atoms with van der Waals surface area (Å²) < 4.78 is 5.96. The maximum Gasteiger partial charge on any atom is 0.190 e. The normalized spacial score (nSPS) is 15.8. The number of hydrogen-bond acceptors (Lipinski definition) is 3. The fourth-order valence-corrected chi connectivity index (χ4v) is 3.38. The summed E-state index contributed by atoms with van der Waals surface area (Å²) in [5.41, 5.74) is 0. The fraction of sp³-hybridized carbons (Fsp3) is 0.944. The Kier molecular flexibility index (Phi) is 18.3. The predicted octanol–water partition coefficient (Wildman–Crippen LogP) is 4.43. The molecule has 0 unspecified atom stereocenters. The molecule has 0 aliphatic heterocycles. The second-order valence-electron chi connectivity index (χ2n) is 6.32. The van der Waals surface area contributed by atoms with Gasteiger partial charge in [0, 0.05) is 26.7 Å². The van der Waals surface area contributed by atoms with Crippen molar-refractivity contribution in [3.8, 4) is 0 Å². The number of nitrogens with one attached hydrogen (secondary N) is 2. The Morgan fingerprint density at radius 3 is 2.29 bits per heavy atom. The Morgan fingerprint density at radius 2 is 1.67 bits per heavy atom. The van der Waals surface area contributed by atoms with Crippen LogP contribution < -0.4 is 10.6 Å². The number of hydrogen-bond donors (Lipinski definition) is 2. The van der Waals surface area contributed by atoms with Crippen LogP contribution in [0, 0.1) is 0 Å². The first-order valence-corrected chi connectivity index (χ1v) is 10.8. The van der Waals surface area contributed by atoms with E-state index in [-0.39, 0.29) is 24.0 Å². The summed E-state index contributed by atoms with van der Waals surface area (Å²) in [7, 11) is 1.84. The number of halogens is 1. The highest BCUT2D eigenvalue weighted by molar-refractivity contribution is 14.0. The number of aliphatic imine (C=N–C) groups is 1. The highest BCUT2D eigenvalue weighted by atomic mass is 127. The van der Waals surface area contributed by atoms with Crippen molar-refractivity contribution in [3.63, 3.8) is 0 Å². The molecule has 0 amide bonds. The molecule has 1 saturated carbocycles. The Morgan fingerprint density at radius 1 is 1.00 bits per heavy atom. The van der Waals surface area contributed by atoms with Crippen LogP contribution in [0.4, 0.5) is 0 Å². The van der Waals surface area contributed by atoms with E-state index in [4.69, 9.17) is 4.74 Å². The molecule has 0 radical (unpaired) electrons. The van der Waals surface area contributed by atoms with Crippen LogP contribution in [0.1, 0.15) is 64.2 Å². The van der Waals surface area contributed by atoms with Crippen molar-refractivity contribution in [3.05, 3.63) is 0 Å². The zero-order valence-electron chi connectivity index (χ0n) is 15.6. The molecule has 6 heteroatoms. The largest absolute Gasteiger partial charge is 0.378 e. The van der Waals surface area contributed by atoms with Gasteiger partial charge in [-0.05, 0) is 57.0 Å². The van der Waals surface area contributed by atoms with E-state index < -0.39 is 0 Å². The molecule has 0 spiro atoms. The first-order chi connectivity index (χ1) is 11.4. The van der Waals surface area contributed by atoms with Gasteiger partial charge in [-0.3, -0.25) is 4.99 Å². The van der Waals surface area contributed by atoms with Crippen molar-refractivity contribution in [2.75, 3.05) is 38.8 Å². The Balaban J connectivity index is 0.00000529.